The molecule has 0 amide bonds. The number of aromatic nitrogens is 1. The predicted molar refractivity (Wildman–Crippen MR) is 64.4 cm³/mol. The monoisotopic (exact) mass is 234 g/mol. The molecule has 0 saturated heterocycles. The topological polar surface area (TPSA) is 52.0 Å². The summed E-state index contributed by atoms with van der Waals surface area (Å²) in [6, 6.07) is 8.02. The largest absolute Gasteiger partial charge is 0.436 e. The van der Waals surface area contributed by atoms with Crippen LogP contribution in [-0.4, -0.2) is 4.98 Å². The van der Waals surface area contributed by atoms with Gasteiger partial charge in [-0.1, -0.05) is 18.2 Å². The maximum absolute atomic E-state index is 5.68. The van der Waals surface area contributed by atoms with Gasteiger partial charge in [0.25, 0.3) is 5.22 Å². The first kappa shape index (κ1) is 11.2. The molecule has 0 radical (unpaired) electrons. The first-order chi connectivity index (χ1) is 7.70. The Morgan fingerprint density at radius 3 is 2.69 bits per heavy atom. The molecule has 2 aromatic rings. The molecule has 16 heavy (non-hydrogen) atoms. The van der Waals surface area contributed by atoms with Crippen LogP contribution in [0.2, 0.25) is 0 Å². The van der Waals surface area contributed by atoms with Gasteiger partial charge in [-0.3, -0.25) is 0 Å². The van der Waals surface area contributed by atoms with Crippen molar-refractivity contribution in [3.63, 3.8) is 0 Å². The molecule has 0 bridgehead atoms. The normalized spacial score (nSPS) is 10.7. The third-order valence-electron chi connectivity index (χ3n) is 2.40. The second-order valence-corrected chi connectivity index (χ2v) is 4.53. The molecule has 2 N–H and O–H groups in total. The van der Waals surface area contributed by atoms with Gasteiger partial charge in [-0.2, -0.15) is 0 Å². The zero-order valence-electron chi connectivity index (χ0n) is 9.36. The van der Waals surface area contributed by atoms with Crippen molar-refractivity contribution in [2.24, 2.45) is 5.73 Å². The number of nitrogens with two attached hydrogens (primary N) is 1. The van der Waals surface area contributed by atoms with E-state index in [4.69, 9.17) is 10.2 Å². The highest BCUT2D eigenvalue weighted by Gasteiger charge is 2.09. The van der Waals surface area contributed by atoms with Crippen LogP contribution in [0.3, 0.4) is 0 Å². The lowest BCUT2D eigenvalue weighted by molar-refractivity contribution is 0.431. The van der Waals surface area contributed by atoms with Gasteiger partial charge in [0.2, 0.25) is 0 Å². The Balaban J connectivity index is 2.26. The summed E-state index contributed by atoms with van der Waals surface area (Å²) < 4.78 is 5.53. The van der Waals surface area contributed by atoms with Gasteiger partial charge in [-0.25, -0.2) is 4.98 Å². The maximum atomic E-state index is 5.68. The summed E-state index contributed by atoms with van der Waals surface area (Å²) in [5, 5.41) is 0.677. The van der Waals surface area contributed by atoms with Crippen molar-refractivity contribution in [3.05, 3.63) is 41.3 Å². The Bertz CT molecular complexity index is 474. The van der Waals surface area contributed by atoms with E-state index in [-0.39, 0.29) is 0 Å². The zero-order valence-corrected chi connectivity index (χ0v) is 10.2. The van der Waals surface area contributed by atoms with E-state index in [0.717, 1.165) is 21.9 Å². The average Bonchev–Trinajstić information content (AvgIpc) is 2.59. The number of oxazole rings is 1. The summed E-state index contributed by atoms with van der Waals surface area (Å²) in [6.07, 6.45) is 0. The lowest BCUT2D eigenvalue weighted by Gasteiger charge is -2.03. The third kappa shape index (κ3) is 2.28. The van der Waals surface area contributed by atoms with Crippen molar-refractivity contribution in [2.75, 3.05) is 0 Å². The minimum Gasteiger partial charge on any atom is -0.436 e. The molecule has 0 saturated carbocycles. The van der Waals surface area contributed by atoms with Gasteiger partial charge in [-0.15, -0.1) is 0 Å². The molecule has 0 fully saturated rings. The minimum absolute atomic E-state index is 0.530. The summed E-state index contributed by atoms with van der Waals surface area (Å²) in [6.45, 7) is 4.39. The minimum atomic E-state index is 0.530. The Kier molecular flexibility index (Phi) is 3.31. The SMILES string of the molecule is Cc1nc(Sc2ccccc2CN)oc1C. The third-order valence-corrected chi connectivity index (χ3v) is 3.37. The van der Waals surface area contributed by atoms with E-state index in [2.05, 4.69) is 4.98 Å². The van der Waals surface area contributed by atoms with E-state index in [9.17, 15) is 0 Å². The smallest absolute Gasteiger partial charge is 0.261 e. The number of nitrogens with zero attached hydrogens (tertiary/aromatic N) is 1. The summed E-state index contributed by atoms with van der Waals surface area (Å²) in [4.78, 5) is 5.44. The molecule has 2 rings (SSSR count). The molecule has 0 aliphatic carbocycles. The zero-order chi connectivity index (χ0) is 11.5. The highest BCUT2D eigenvalue weighted by molar-refractivity contribution is 7.99. The molecule has 1 aromatic heterocycles. The fourth-order valence-electron chi connectivity index (χ4n) is 1.35. The Labute approximate surface area is 99.1 Å². The van der Waals surface area contributed by atoms with Crippen molar-refractivity contribution in [1.29, 1.82) is 0 Å². The van der Waals surface area contributed by atoms with Crippen LogP contribution in [0.25, 0.3) is 0 Å². The summed E-state index contributed by atoms with van der Waals surface area (Å²) in [5.41, 5.74) is 7.72. The summed E-state index contributed by atoms with van der Waals surface area (Å²) >= 11 is 1.52. The fraction of sp³-hybridized carbons (Fsp3) is 0.250. The van der Waals surface area contributed by atoms with Gasteiger partial charge in [-0.05, 0) is 37.2 Å². The van der Waals surface area contributed by atoms with E-state index < -0.39 is 0 Å². The Hall–Kier alpha value is -1.26. The van der Waals surface area contributed by atoms with Crippen LogP contribution in [0.5, 0.6) is 0 Å². The molecule has 3 nitrogen and oxygen atoms in total. The molecule has 0 aliphatic heterocycles. The van der Waals surface area contributed by atoms with Crippen molar-refractivity contribution >= 4 is 11.8 Å². The van der Waals surface area contributed by atoms with Gasteiger partial charge in [0, 0.05) is 11.4 Å². The summed E-state index contributed by atoms with van der Waals surface area (Å²) in [5.74, 6) is 0.868. The van der Waals surface area contributed by atoms with Gasteiger partial charge in [0.1, 0.15) is 5.76 Å². The van der Waals surface area contributed by atoms with E-state index >= 15 is 0 Å². The van der Waals surface area contributed by atoms with Crippen molar-refractivity contribution in [2.45, 2.75) is 30.5 Å². The van der Waals surface area contributed by atoms with Crippen LogP contribution < -0.4 is 5.73 Å². The quantitative estimate of drug-likeness (QED) is 0.887. The van der Waals surface area contributed by atoms with Crippen LogP contribution in [0.1, 0.15) is 17.0 Å². The second-order valence-electron chi connectivity index (χ2n) is 3.54. The molecule has 1 aromatic carbocycles. The highest BCUT2D eigenvalue weighted by Crippen LogP contribution is 2.30. The number of benzene rings is 1. The Morgan fingerprint density at radius 2 is 2.06 bits per heavy atom. The molecular weight excluding hydrogens is 220 g/mol. The van der Waals surface area contributed by atoms with E-state index in [0.29, 0.717) is 11.8 Å². The van der Waals surface area contributed by atoms with Gasteiger partial charge in [0.15, 0.2) is 0 Å². The van der Waals surface area contributed by atoms with Crippen molar-refractivity contribution < 1.29 is 4.42 Å². The number of hydrogen-bond donors (Lipinski definition) is 1. The lowest BCUT2D eigenvalue weighted by atomic mass is 10.2. The van der Waals surface area contributed by atoms with Crippen molar-refractivity contribution in [1.82, 2.24) is 4.98 Å². The van der Waals surface area contributed by atoms with Crippen LogP contribution in [0.15, 0.2) is 38.8 Å². The van der Waals surface area contributed by atoms with E-state index in [1.807, 2.05) is 38.1 Å². The predicted octanol–water partition coefficient (Wildman–Crippen LogP) is 2.90. The molecule has 84 valence electrons. The van der Waals surface area contributed by atoms with Crippen LogP contribution in [-0.2, 0) is 6.54 Å². The number of rotatable bonds is 3. The van der Waals surface area contributed by atoms with Crippen molar-refractivity contribution in [3.8, 4) is 0 Å². The molecule has 4 heteroatoms. The fourth-order valence-corrected chi connectivity index (χ4v) is 2.32. The van der Waals surface area contributed by atoms with Crippen LogP contribution in [0, 0.1) is 13.8 Å². The molecule has 1 heterocycles. The maximum Gasteiger partial charge on any atom is 0.261 e. The van der Waals surface area contributed by atoms with E-state index in [1.165, 1.54) is 11.8 Å². The Morgan fingerprint density at radius 1 is 1.31 bits per heavy atom. The molecule has 0 aliphatic rings. The van der Waals surface area contributed by atoms with Crippen LogP contribution in [0.4, 0.5) is 0 Å². The van der Waals surface area contributed by atoms with Gasteiger partial charge < -0.3 is 10.2 Å². The standard InChI is InChI=1S/C12H14N2OS/c1-8-9(2)15-12(14-8)16-11-6-4-3-5-10(11)7-13/h3-6H,7,13H2,1-2H3. The molecule has 0 spiro atoms. The van der Waals surface area contributed by atoms with Crippen LogP contribution >= 0.6 is 11.8 Å². The van der Waals surface area contributed by atoms with Gasteiger partial charge in [0.05, 0.1) is 5.69 Å². The lowest BCUT2D eigenvalue weighted by Crippen LogP contribution is -1.97. The first-order valence-corrected chi connectivity index (χ1v) is 5.92. The second kappa shape index (κ2) is 4.72. The van der Waals surface area contributed by atoms with E-state index in [1.54, 1.807) is 0 Å². The number of hydrogen-bond acceptors (Lipinski definition) is 4. The average molecular weight is 234 g/mol. The molecule has 0 unspecified atom stereocenters. The molecular formula is C12H14N2OS. The summed E-state index contributed by atoms with van der Waals surface area (Å²) in [7, 11) is 0. The van der Waals surface area contributed by atoms with Gasteiger partial charge >= 0.3 is 0 Å². The first-order valence-electron chi connectivity index (χ1n) is 5.10. The highest BCUT2D eigenvalue weighted by atomic mass is 32.2. The number of aryl methyl sites for hydroxylation is 2. The molecule has 0 atom stereocenters.